The third kappa shape index (κ3) is 1.86. The number of rotatable bonds is 3. The van der Waals surface area contributed by atoms with Crippen LogP contribution < -0.4 is 0 Å². The summed E-state index contributed by atoms with van der Waals surface area (Å²) in [6, 6.07) is 0. The molecule has 2 N–H and O–H groups in total. The molecular weight excluding hydrogens is 108 g/mol. The summed E-state index contributed by atoms with van der Waals surface area (Å²) in [6.07, 6.45) is -1.11. The maximum atomic E-state index is 9.65. The van der Waals surface area contributed by atoms with Crippen molar-refractivity contribution in [3.63, 3.8) is 0 Å². The fourth-order valence-electron chi connectivity index (χ4n) is 0.220. The highest BCUT2D eigenvalue weighted by atomic mass is 16.3. The van der Waals surface area contributed by atoms with E-state index >= 15 is 0 Å². The summed E-state index contributed by atoms with van der Waals surface area (Å²) in [5.41, 5.74) is 0. The second-order valence-electron chi connectivity index (χ2n) is 1.35. The van der Waals surface area contributed by atoms with Crippen LogP contribution in [0.2, 0.25) is 0 Å². The van der Waals surface area contributed by atoms with Gasteiger partial charge in [-0.25, -0.2) is 0 Å². The molecule has 3 nitrogen and oxygen atoms in total. The lowest BCUT2D eigenvalue weighted by Gasteiger charge is -2.04. The summed E-state index contributed by atoms with van der Waals surface area (Å²) in [4.78, 5) is 9.65. The number of carbonyl (C=O) groups excluding carboxylic acids is 1. The van der Waals surface area contributed by atoms with E-state index in [-0.39, 0.29) is 6.29 Å². The quantitative estimate of drug-likeness (QED) is 0.371. The van der Waals surface area contributed by atoms with Gasteiger partial charge in [0.05, 0.1) is 0 Å². The van der Waals surface area contributed by atoms with Crippen LogP contribution >= 0.6 is 0 Å². The fourth-order valence-corrected chi connectivity index (χ4v) is 0.220. The molecule has 3 heteroatoms. The Kier molecular flexibility index (Phi) is 3.07. The number of hydrogen-bond donors (Lipinski definition) is 2. The molecule has 0 amide bonds. The second-order valence-corrected chi connectivity index (χ2v) is 1.35. The summed E-state index contributed by atoms with van der Waals surface area (Å²) in [5.74, 6) is 0. The monoisotopic (exact) mass is 116 g/mol. The number of hydrogen-bond acceptors (Lipinski definition) is 3. The van der Waals surface area contributed by atoms with Crippen LogP contribution in [0.4, 0.5) is 0 Å². The van der Waals surface area contributed by atoms with Gasteiger partial charge in [0.15, 0.2) is 6.29 Å². The number of carbonyl (C=O) groups is 1. The lowest BCUT2D eigenvalue weighted by molar-refractivity contribution is -0.118. The predicted molar refractivity (Wildman–Crippen MR) is 28.3 cm³/mol. The van der Waals surface area contributed by atoms with Crippen LogP contribution in [0.1, 0.15) is 0 Å². The molecule has 0 unspecified atom stereocenters. The summed E-state index contributed by atoms with van der Waals surface area (Å²) >= 11 is 0. The molecule has 0 saturated heterocycles. The van der Waals surface area contributed by atoms with E-state index in [1.54, 1.807) is 0 Å². The lowest BCUT2D eigenvalue weighted by atomic mass is 10.2. The van der Waals surface area contributed by atoms with Crippen molar-refractivity contribution < 1.29 is 15.0 Å². The molecule has 0 aliphatic heterocycles. The summed E-state index contributed by atoms with van der Waals surface area (Å²) < 4.78 is 0. The van der Waals surface area contributed by atoms with Gasteiger partial charge in [-0.3, -0.25) is 0 Å². The van der Waals surface area contributed by atoms with E-state index in [1.165, 1.54) is 0 Å². The smallest absolute Gasteiger partial charge is 0.151 e. The average molecular weight is 116 g/mol. The van der Waals surface area contributed by atoms with E-state index in [0.717, 1.165) is 6.08 Å². The Morgan fingerprint density at radius 2 is 1.88 bits per heavy atom. The molecule has 0 rings (SSSR count). The first-order chi connectivity index (χ1) is 3.72. The molecule has 0 spiro atoms. The van der Waals surface area contributed by atoms with Crippen molar-refractivity contribution in [3.05, 3.63) is 12.7 Å². The zero-order valence-electron chi connectivity index (χ0n) is 4.32. The highest BCUT2D eigenvalue weighted by molar-refractivity contribution is 5.57. The molecule has 0 aliphatic rings. The third-order valence-electron chi connectivity index (χ3n) is 0.731. The first kappa shape index (κ1) is 7.33. The van der Waals surface area contributed by atoms with E-state index in [9.17, 15) is 4.79 Å². The molecule has 2 atom stereocenters. The summed E-state index contributed by atoms with van der Waals surface area (Å²) in [6.45, 7) is 3.16. The Morgan fingerprint density at radius 1 is 1.38 bits per heavy atom. The molecular formula is C5H8O3. The molecule has 0 radical (unpaired) electrons. The van der Waals surface area contributed by atoms with Gasteiger partial charge in [0, 0.05) is 0 Å². The van der Waals surface area contributed by atoms with Crippen molar-refractivity contribution in [1.82, 2.24) is 0 Å². The van der Waals surface area contributed by atoms with Crippen molar-refractivity contribution in [2.75, 3.05) is 0 Å². The summed E-state index contributed by atoms with van der Waals surface area (Å²) in [7, 11) is 0. The van der Waals surface area contributed by atoms with Gasteiger partial charge in [-0.1, -0.05) is 6.08 Å². The number of aldehydes is 1. The van der Waals surface area contributed by atoms with E-state index in [1.807, 2.05) is 0 Å². The second kappa shape index (κ2) is 3.35. The fraction of sp³-hybridized carbons (Fsp3) is 0.400. The van der Waals surface area contributed by atoms with Crippen molar-refractivity contribution in [2.24, 2.45) is 0 Å². The lowest BCUT2D eigenvalue weighted by Crippen LogP contribution is -2.24. The van der Waals surface area contributed by atoms with Crippen LogP contribution in [0.3, 0.4) is 0 Å². The minimum atomic E-state index is -1.33. The highest BCUT2D eigenvalue weighted by Crippen LogP contribution is 1.88. The average Bonchev–Trinajstić information content (AvgIpc) is 1.84. The van der Waals surface area contributed by atoms with Crippen LogP contribution in [0.5, 0.6) is 0 Å². The third-order valence-corrected chi connectivity index (χ3v) is 0.731. The molecule has 0 bridgehead atoms. The molecule has 0 saturated carbocycles. The van der Waals surface area contributed by atoms with E-state index in [2.05, 4.69) is 6.58 Å². The van der Waals surface area contributed by atoms with Crippen molar-refractivity contribution in [2.45, 2.75) is 12.2 Å². The molecule has 0 fully saturated rings. The first-order valence-corrected chi connectivity index (χ1v) is 2.16. The molecule has 8 heavy (non-hydrogen) atoms. The summed E-state index contributed by atoms with van der Waals surface area (Å²) in [5, 5.41) is 17.0. The molecule has 0 heterocycles. The van der Waals surface area contributed by atoms with Crippen molar-refractivity contribution >= 4 is 6.29 Å². The maximum absolute atomic E-state index is 9.65. The van der Waals surface area contributed by atoms with Crippen LogP contribution in [-0.2, 0) is 4.79 Å². The van der Waals surface area contributed by atoms with Gasteiger partial charge >= 0.3 is 0 Å². The Bertz CT molecular complexity index is 77.7. The Labute approximate surface area is 47.3 Å². The minimum absolute atomic E-state index is 0.256. The van der Waals surface area contributed by atoms with Crippen LogP contribution in [0.15, 0.2) is 12.7 Å². The van der Waals surface area contributed by atoms with Gasteiger partial charge < -0.3 is 15.0 Å². The van der Waals surface area contributed by atoms with E-state index in [4.69, 9.17) is 10.2 Å². The number of aliphatic hydroxyl groups is 2. The Hall–Kier alpha value is -0.670. The van der Waals surface area contributed by atoms with Gasteiger partial charge in [0.2, 0.25) is 0 Å². The van der Waals surface area contributed by atoms with Crippen molar-refractivity contribution in [1.29, 1.82) is 0 Å². The molecule has 0 aromatic rings. The van der Waals surface area contributed by atoms with Gasteiger partial charge in [-0.05, 0) is 0 Å². The first-order valence-electron chi connectivity index (χ1n) is 2.16. The molecule has 0 aliphatic carbocycles. The highest BCUT2D eigenvalue weighted by Gasteiger charge is 2.08. The van der Waals surface area contributed by atoms with Crippen molar-refractivity contribution in [3.8, 4) is 0 Å². The Morgan fingerprint density at radius 3 is 2.00 bits per heavy atom. The van der Waals surface area contributed by atoms with Crippen LogP contribution in [0, 0.1) is 0 Å². The largest absolute Gasteiger partial charge is 0.386 e. The van der Waals surface area contributed by atoms with Crippen LogP contribution in [-0.4, -0.2) is 28.7 Å². The predicted octanol–water partition coefficient (Wildman–Crippen LogP) is -0.907. The van der Waals surface area contributed by atoms with Crippen LogP contribution in [0.25, 0.3) is 0 Å². The normalized spacial score (nSPS) is 16.8. The van der Waals surface area contributed by atoms with Gasteiger partial charge in [-0.15, -0.1) is 6.58 Å². The SMILES string of the molecule is C=C[C@@H](O)[C@@H](O)C=O. The Balaban J connectivity index is 3.60. The maximum Gasteiger partial charge on any atom is 0.151 e. The topological polar surface area (TPSA) is 57.5 Å². The minimum Gasteiger partial charge on any atom is -0.386 e. The number of aliphatic hydroxyl groups excluding tert-OH is 2. The van der Waals surface area contributed by atoms with E-state index in [0.29, 0.717) is 0 Å². The zero-order valence-corrected chi connectivity index (χ0v) is 4.32. The molecule has 0 aromatic carbocycles. The van der Waals surface area contributed by atoms with Gasteiger partial charge in [-0.2, -0.15) is 0 Å². The van der Waals surface area contributed by atoms with Gasteiger partial charge in [0.25, 0.3) is 0 Å². The molecule has 46 valence electrons. The van der Waals surface area contributed by atoms with E-state index < -0.39 is 12.2 Å². The van der Waals surface area contributed by atoms with Gasteiger partial charge in [0.1, 0.15) is 12.2 Å². The zero-order chi connectivity index (χ0) is 6.57. The standard InChI is InChI=1S/C5H8O3/c1-2-4(7)5(8)3-6/h2-5,7-8H,1H2/t4-,5+/m1/s1. The molecule has 0 aromatic heterocycles.